The van der Waals surface area contributed by atoms with Crippen molar-refractivity contribution in [1.82, 2.24) is 0 Å². The van der Waals surface area contributed by atoms with Gasteiger partial charge in [0.15, 0.2) is 0 Å². The molecule has 33 heavy (non-hydrogen) atoms. The van der Waals surface area contributed by atoms with Crippen molar-refractivity contribution in [3.05, 3.63) is 72.8 Å². The van der Waals surface area contributed by atoms with Crippen LogP contribution in [-0.4, -0.2) is 13.2 Å². The van der Waals surface area contributed by atoms with Crippen LogP contribution in [0, 0.1) is 11.3 Å². The summed E-state index contributed by atoms with van der Waals surface area (Å²) >= 11 is 0. The molecule has 170 valence electrons. The van der Waals surface area contributed by atoms with Crippen molar-refractivity contribution in [2.75, 3.05) is 13.2 Å². The molecule has 2 aliphatic rings. The smallest absolute Gasteiger partial charge is 0.127 e. The number of fused-ring (bicyclic) bond motifs is 7. The molecule has 0 unspecified atom stereocenters. The van der Waals surface area contributed by atoms with Crippen LogP contribution in [-0.2, 0) is 0 Å². The SMILES string of the molecule is CCCC1CCC2(CC1)COc1ccc3ccccc3c1-c1c(ccc3ccccc13)OC2.[HH]. The zero-order valence-corrected chi connectivity index (χ0v) is 19.5. The van der Waals surface area contributed by atoms with Crippen LogP contribution >= 0.6 is 0 Å². The molecule has 2 nitrogen and oxygen atoms in total. The molecular weight excluding hydrogens is 404 g/mol. The van der Waals surface area contributed by atoms with Gasteiger partial charge in [-0.1, -0.05) is 80.4 Å². The van der Waals surface area contributed by atoms with Crippen LogP contribution in [0.1, 0.15) is 46.9 Å². The quantitative estimate of drug-likeness (QED) is 0.312. The minimum absolute atomic E-state index is 0. The summed E-state index contributed by atoms with van der Waals surface area (Å²) in [6.07, 6.45) is 7.57. The van der Waals surface area contributed by atoms with Gasteiger partial charge < -0.3 is 9.47 Å². The predicted octanol–water partition coefficient (Wildman–Crippen LogP) is 8.65. The Balaban J connectivity index is 0.00000241. The standard InChI is InChI=1S/C31H32O2.H2/c1-2-7-22-16-18-31(19-17-22)20-32-27-14-12-23-8-3-5-10-25(23)29(27)30-26-11-6-4-9-24(26)13-15-28(30)33-21-31;/h3-6,8-15,22H,2,7,16-21H2,1H3;1H. The van der Waals surface area contributed by atoms with Crippen molar-refractivity contribution in [2.24, 2.45) is 11.3 Å². The maximum absolute atomic E-state index is 6.73. The van der Waals surface area contributed by atoms with Gasteiger partial charge in [0.05, 0.1) is 13.2 Å². The lowest BCUT2D eigenvalue weighted by atomic mass is 9.70. The summed E-state index contributed by atoms with van der Waals surface area (Å²) < 4.78 is 13.5. The van der Waals surface area contributed by atoms with E-state index < -0.39 is 0 Å². The van der Waals surface area contributed by atoms with E-state index in [1.807, 2.05) is 0 Å². The van der Waals surface area contributed by atoms with Gasteiger partial charge in [-0.2, -0.15) is 0 Å². The molecule has 1 aliphatic carbocycles. The second-order valence-electron chi connectivity index (χ2n) is 10.1. The van der Waals surface area contributed by atoms with Gasteiger partial charge in [0.1, 0.15) is 11.5 Å². The molecule has 0 N–H and O–H groups in total. The average Bonchev–Trinajstić information content (AvgIpc) is 2.93. The molecule has 0 atom stereocenters. The Hall–Kier alpha value is -3.00. The molecule has 1 saturated carbocycles. The van der Waals surface area contributed by atoms with E-state index in [0.717, 1.165) is 41.8 Å². The monoisotopic (exact) mass is 438 g/mol. The fourth-order valence-electron chi connectivity index (χ4n) is 6.04. The van der Waals surface area contributed by atoms with Crippen molar-refractivity contribution in [1.29, 1.82) is 0 Å². The highest BCUT2D eigenvalue weighted by molar-refractivity contribution is 6.09. The molecule has 0 aromatic heterocycles. The lowest BCUT2D eigenvalue weighted by Gasteiger charge is -2.39. The van der Waals surface area contributed by atoms with Crippen LogP contribution in [0.4, 0.5) is 0 Å². The summed E-state index contributed by atoms with van der Waals surface area (Å²) in [7, 11) is 0. The summed E-state index contributed by atoms with van der Waals surface area (Å²) in [5, 5.41) is 4.90. The summed E-state index contributed by atoms with van der Waals surface area (Å²) in [6, 6.07) is 26.0. The zero-order chi connectivity index (χ0) is 22.3. The number of ether oxygens (including phenoxy) is 2. The number of rotatable bonds is 2. The predicted molar refractivity (Wildman–Crippen MR) is 139 cm³/mol. The Morgan fingerprint density at radius 3 is 1.76 bits per heavy atom. The molecule has 6 rings (SSSR count). The van der Waals surface area contributed by atoms with Gasteiger partial charge in [0, 0.05) is 18.0 Å². The van der Waals surface area contributed by atoms with Gasteiger partial charge in [0.25, 0.3) is 0 Å². The van der Waals surface area contributed by atoms with E-state index in [1.54, 1.807) is 0 Å². The lowest BCUT2D eigenvalue weighted by molar-refractivity contribution is 0.0299. The van der Waals surface area contributed by atoms with Gasteiger partial charge >= 0.3 is 0 Å². The second-order valence-corrected chi connectivity index (χ2v) is 10.1. The van der Waals surface area contributed by atoms with E-state index in [1.165, 1.54) is 60.1 Å². The topological polar surface area (TPSA) is 18.5 Å². The fourth-order valence-corrected chi connectivity index (χ4v) is 6.04. The molecule has 4 aromatic carbocycles. The van der Waals surface area contributed by atoms with Crippen molar-refractivity contribution >= 4 is 21.5 Å². The van der Waals surface area contributed by atoms with Crippen molar-refractivity contribution < 1.29 is 10.9 Å². The van der Waals surface area contributed by atoms with E-state index in [-0.39, 0.29) is 6.84 Å². The maximum Gasteiger partial charge on any atom is 0.127 e. The third-order valence-corrected chi connectivity index (χ3v) is 7.96. The van der Waals surface area contributed by atoms with Gasteiger partial charge in [-0.25, -0.2) is 0 Å². The zero-order valence-electron chi connectivity index (χ0n) is 19.5. The molecule has 1 aliphatic heterocycles. The number of benzene rings is 4. The third kappa shape index (κ3) is 3.66. The molecule has 4 aromatic rings. The first-order valence-corrected chi connectivity index (χ1v) is 12.6. The summed E-state index contributed by atoms with van der Waals surface area (Å²) in [5.74, 6) is 2.82. The Kier molecular flexibility index (Phi) is 5.25. The van der Waals surface area contributed by atoms with E-state index in [2.05, 4.69) is 79.7 Å². The second kappa shape index (κ2) is 8.41. The Labute approximate surface area is 198 Å². The van der Waals surface area contributed by atoms with E-state index in [9.17, 15) is 0 Å². The minimum atomic E-state index is 0. The van der Waals surface area contributed by atoms with Gasteiger partial charge in [-0.05, 0) is 65.3 Å². The van der Waals surface area contributed by atoms with Gasteiger partial charge in [0.2, 0.25) is 0 Å². The lowest BCUT2D eigenvalue weighted by Crippen LogP contribution is -2.38. The summed E-state index contributed by atoms with van der Waals surface area (Å²) in [5.41, 5.74) is 2.41. The van der Waals surface area contributed by atoms with Crippen LogP contribution in [0.15, 0.2) is 72.8 Å². The molecule has 1 heterocycles. The fraction of sp³-hybridized carbons (Fsp3) is 0.355. The molecule has 0 saturated heterocycles. The molecular formula is C31H34O2. The van der Waals surface area contributed by atoms with Crippen molar-refractivity contribution in [3.63, 3.8) is 0 Å². The van der Waals surface area contributed by atoms with Crippen LogP contribution < -0.4 is 9.47 Å². The normalized spacial score (nSPS) is 18.0. The van der Waals surface area contributed by atoms with Gasteiger partial charge in [-0.3, -0.25) is 0 Å². The van der Waals surface area contributed by atoms with Crippen LogP contribution in [0.2, 0.25) is 0 Å². The first-order chi connectivity index (χ1) is 16.3. The maximum atomic E-state index is 6.73. The highest BCUT2D eigenvalue weighted by Gasteiger charge is 2.38. The summed E-state index contributed by atoms with van der Waals surface area (Å²) in [6.45, 7) is 3.76. The van der Waals surface area contributed by atoms with Crippen LogP contribution in [0.25, 0.3) is 32.7 Å². The van der Waals surface area contributed by atoms with E-state index >= 15 is 0 Å². The number of hydrogen-bond acceptors (Lipinski definition) is 2. The number of hydrogen-bond donors (Lipinski definition) is 0. The Morgan fingerprint density at radius 1 is 0.727 bits per heavy atom. The Morgan fingerprint density at radius 2 is 1.24 bits per heavy atom. The molecule has 2 heteroatoms. The van der Waals surface area contributed by atoms with Gasteiger partial charge in [-0.15, -0.1) is 0 Å². The van der Waals surface area contributed by atoms with Crippen molar-refractivity contribution in [2.45, 2.75) is 45.4 Å². The first-order valence-electron chi connectivity index (χ1n) is 12.6. The average molecular weight is 439 g/mol. The van der Waals surface area contributed by atoms with Crippen LogP contribution in [0.5, 0.6) is 11.5 Å². The molecule has 0 radical (unpaired) electrons. The highest BCUT2D eigenvalue weighted by atomic mass is 16.5. The summed E-state index contributed by atoms with van der Waals surface area (Å²) in [4.78, 5) is 0. The largest absolute Gasteiger partial charge is 0.492 e. The molecule has 1 fully saturated rings. The Bertz CT molecular complexity index is 1210. The van der Waals surface area contributed by atoms with E-state index in [4.69, 9.17) is 9.47 Å². The molecule has 0 amide bonds. The van der Waals surface area contributed by atoms with Crippen LogP contribution in [0.3, 0.4) is 0 Å². The highest BCUT2D eigenvalue weighted by Crippen LogP contribution is 2.49. The first kappa shape index (κ1) is 20.6. The molecule has 1 spiro atoms. The van der Waals surface area contributed by atoms with Crippen molar-refractivity contribution in [3.8, 4) is 22.6 Å². The minimum Gasteiger partial charge on any atom is -0.492 e. The van der Waals surface area contributed by atoms with E-state index in [0.29, 0.717) is 0 Å². The third-order valence-electron chi connectivity index (χ3n) is 7.96. The molecule has 0 bridgehead atoms.